The van der Waals surface area contributed by atoms with E-state index in [0.717, 1.165) is 4.70 Å². The van der Waals surface area contributed by atoms with Gasteiger partial charge in [-0.15, -0.1) is 0 Å². The molecule has 0 saturated carbocycles. The van der Waals surface area contributed by atoms with Crippen LogP contribution in [0.4, 0.5) is 10.9 Å². The van der Waals surface area contributed by atoms with E-state index in [0.29, 0.717) is 21.4 Å². The average Bonchev–Trinajstić information content (AvgIpc) is 2.29. The molecule has 2 aromatic heterocycles. The summed E-state index contributed by atoms with van der Waals surface area (Å²) in [6, 6.07) is 0. The van der Waals surface area contributed by atoms with E-state index in [1.165, 1.54) is 11.3 Å². The molecular weight excluding hydrogens is 194 g/mol. The first-order chi connectivity index (χ1) is 5.66. The van der Waals surface area contributed by atoms with Gasteiger partial charge in [-0.2, -0.15) is 4.98 Å². The molecule has 0 aromatic carbocycles. The quantitative estimate of drug-likeness (QED) is 0.548. The van der Waals surface area contributed by atoms with E-state index >= 15 is 0 Å². The molecular formula is C5H5N5S2. The van der Waals surface area contributed by atoms with Crippen molar-refractivity contribution in [3.8, 4) is 0 Å². The van der Waals surface area contributed by atoms with Crippen molar-refractivity contribution >= 4 is 44.9 Å². The zero-order chi connectivity index (χ0) is 8.72. The van der Waals surface area contributed by atoms with Crippen molar-refractivity contribution in [2.45, 2.75) is 0 Å². The third-order valence-corrected chi connectivity index (χ3v) is 2.42. The Labute approximate surface area is 76.5 Å². The van der Waals surface area contributed by atoms with Gasteiger partial charge in [-0.25, -0.2) is 4.98 Å². The van der Waals surface area contributed by atoms with Gasteiger partial charge in [0.2, 0.25) is 0 Å². The molecule has 2 aromatic rings. The van der Waals surface area contributed by atoms with Crippen molar-refractivity contribution in [3.63, 3.8) is 0 Å². The Morgan fingerprint density at radius 1 is 1.33 bits per heavy atom. The van der Waals surface area contributed by atoms with Crippen molar-refractivity contribution in [3.05, 3.63) is 4.77 Å². The maximum atomic E-state index is 5.62. The topological polar surface area (TPSA) is 93.6 Å². The van der Waals surface area contributed by atoms with Gasteiger partial charge in [-0.3, -0.25) is 0 Å². The van der Waals surface area contributed by atoms with E-state index in [4.69, 9.17) is 23.7 Å². The zero-order valence-corrected chi connectivity index (χ0v) is 7.50. The standard InChI is InChI=1S/C5H5N5S2/c6-2-1-3(9-4(7)12-1)10-5(11)8-2/h(H5,6,7,8,9,10,11). The molecule has 0 unspecified atom stereocenters. The van der Waals surface area contributed by atoms with Gasteiger partial charge in [-0.1, -0.05) is 11.3 Å². The molecule has 0 amide bonds. The van der Waals surface area contributed by atoms with E-state index in [9.17, 15) is 0 Å². The van der Waals surface area contributed by atoms with Crippen LogP contribution in [-0.4, -0.2) is 15.0 Å². The van der Waals surface area contributed by atoms with Crippen molar-refractivity contribution < 1.29 is 0 Å². The Kier molecular flexibility index (Phi) is 1.48. The van der Waals surface area contributed by atoms with Gasteiger partial charge in [-0.05, 0) is 12.2 Å². The number of thiazole rings is 1. The predicted octanol–water partition coefficient (Wildman–Crippen LogP) is 0.913. The number of nitrogens with one attached hydrogen (secondary N) is 1. The zero-order valence-electron chi connectivity index (χ0n) is 5.87. The van der Waals surface area contributed by atoms with Gasteiger partial charge in [0.1, 0.15) is 10.5 Å². The fourth-order valence-corrected chi connectivity index (χ4v) is 1.76. The fraction of sp³-hybridized carbons (Fsp3) is 0. The molecule has 0 spiro atoms. The van der Waals surface area contributed by atoms with Crippen molar-refractivity contribution in [2.24, 2.45) is 0 Å². The van der Waals surface area contributed by atoms with E-state index in [2.05, 4.69) is 15.0 Å². The fourth-order valence-electron chi connectivity index (χ4n) is 0.875. The lowest BCUT2D eigenvalue weighted by molar-refractivity contribution is 1.17. The molecule has 0 aliphatic heterocycles. The first-order valence-corrected chi connectivity index (χ1v) is 4.31. The number of H-pyrrole nitrogens is 1. The highest BCUT2D eigenvalue weighted by Gasteiger charge is 2.05. The van der Waals surface area contributed by atoms with Crippen LogP contribution in [0.2, 0.25) is 0 Å². The van der Waals surface area contributed by atoms with E-state index in [1.54, 1.807) is 0 Å². The normalized spacial score (nSPS) is 10.7. The Morgan fingerprint density at radius 3 is 2.83 bits per heavy atom. The molecule has 0 radical (unpaired) electrons. The maximum Gasteiger partial charge on any atom is 0.200 e. The summed E-state index contributed by atoms with van der Waals surface area (Å²) in [7, 11) is 0. The van der Waals surface area contributed by atoms with Crippen LogP contribution in [0.5, 0.6) is 0 Å². The van der Waals surface area contributed by atoms with Gasteiger partial charge in [0.25, 0.3) is 0 Å². The van der Waals surface area contributed by atoms with E-state index in [1.807, 2.05) is 0 Å². The van der Waals surface area contributed by atoms with Crippen LogP contribution in [0, 0.1) is 4.77 Å². The van der Waals surface area contributed by atoms with Crippen LogP contribution in [0.25, 0.3) is 10.3 Å². The molecule has 5 nitrogen and oxygen atoms in total. The number of aromatic amines is 1. The number of hydrogen-bond acceptors (Lipinski definition) is 6. The van der Waals surface area contributed by atoms with E-state index in [-0.39, 0.29) is 0 Å². The SMILES string of the molecule is Nc1nc2nc(=S)[nH]c(N)c2s1. The second kappa shape index (κ2) is 2.39. The van der Waals surface area contributed by atoms with Crippen LogP contribution in [0.1, 0.15) is 0 Å². The largest absolute Gasteiger partial charge is 0.384 e. The highest BCUT2D eigenvalue weighted by molar-refractivity contribution is 7.71. The molecule has 0 bridgehead atoms. The van der Waals surface area contributed by atoms with Crippen LogP contribution >= 0.6 is 23.6 Å². The predicted molar refractivity (Wildman–Crippen MR) is 51.4 cm³/mol. The lowest BCUT2D eigenvalue weighted by atomic mass is 10.6. The summed E-state index contributed by atoms with van der Waals surface area (Å²) in [5.74, 6) is 0.471. The summed E-state index contributed by atoms with van der Waals surface area (Å²) < 4.78 is 1.08. The average molecular weight is 199 g/mol. The minimum Gasteiger partial charge on any atom is -0.384 e. The van der Waals surface area contributed by atoms with Crippen molar-refractivity contribution in [2.75, 3.05) is 11.5 Å². The van der Waals surface area contributed by atoms with Crippen LogP contribution in [0.15, 0.2) is 0 Å². The maximum absolute atomic E-state index is 5.62. The molecule has 5 N–H and O–H groups in total. The Bertz CT molecular complexity index is 484. The number of hydrogen-bond donors (Lipinski definition) is 3. The molecule has 7 heteroatoms. The summed E-state index contributed by atoms with van der Waals surface area (Å²) in [6.45, 7) is 0. The first kappa shape index (κ1) is 7.44. The van der Waals surface area contributed by atoms with Gasteiger partial charge >= 0.3 is 0 Å². The Morgan fingerprint density at radius 2 is 2.08 bits per heavy atom. The molecule has 0 aliphatic carbocycles. The number of anilines is 2. The summed E-state index contributed by atoms with van der Waals surface area (Å²) in [6.07, 6.45) is 0. The summed E-state index contributed by atoms with van der Waals surface area (Å²) in [5.41, 5.74) is 11.6. The number of nitrogens with two attached hydrogens (primary N) is 2. The number of rotatable bonds is 0. The third kappa shape index (κ3) is 1.03. The highest BCUT2D eigenvalue weighted by Crippen LogP contribution is 2.25. The monoisotopic (exact) mass is 199 g/mol. The highest BCUT2D eigenvalue weighted by atomic mass is 32.1. The van der Waals surface area contributed by atoms with Crippen molar-refractivity contribution in [1.82, 2.24) is 15.0 Å². The van der Waals surface area contributed by atoms with Gasteiger partial charge in [0.15, 0.2) is 15.5 Å². The summed E-state index contributed by atoms with van der Waals surface area (Å²) in [4.78, 5) is 10.6. The van der Waals surface area contributed by atoms with Crippen LogP contribution < -0.4 is 11.5 Å². The Hall–Kier alpha value is -1.21. The number of fused-ring (bicyclic) bond motifs is 1. The molecule has 2 rings (SSSR count). The minimum atomic E-state index is 0.324. The lowest BCUT2D eigenvalue weighted by Gasteiger charge is -1.91. The lowest BCUT2D eigenvalue weighted by Crippen LogP contribution is -1.92. The molecule has 0 fully saturated rings. The third-order valence-electron chi connectivity index (χ3n) is 1.32. The molecule has 62 valence electrons. The molecule has 2 heterocycles. The summed E-state index contributed by atoms with van der Waals surface area (Å²) in [5, 5.41) is 0.443. The Balaban J connectivity index is 2.97. The molecule has 0 saturated heterocycles. The number of nitrogen functional groups attached to an aromatic ring is 2. The summed E-state index contributed by atoms with van der Waals surface area (Å²) >= 11 is 6.10. The van der Waals surface area contributed by atoms with Crippen LogP contribution in [-0.2, 0) is 0 Å². The smallest absolute Gasteiger partial charge is 0.200 e. The number of nitrogens with zero attached hydrogens (tertiary/aromatic N) is 2. The first-order valence-electron chi connectivity index (χ1n) is 3.08. The van der Waals surface area contributed by atoms with Gasteiger partial charge in [0, 0.05) is 0 Å². The number of aromatic nitrogens is 3. The molecule has 0 aliphatic rings. The van der Waals surface area contributed by atoms with Gasteiger partial charge in [0.05, 0.1) is 0 Å². The molecule has 0 atom stereocenters. The van der Waals surface area contributed by atoms with E-state index < -0.39 is 0 Å². The van der Waals surface area contributed by atoms with Crippen molar-refractivity contribution in [1.29, 1.82) is 0 Å². The van der Waals surface area contributed by atoms with Crippen LogP contribution in [0.3, 0.4) is 0 Å². The molecule has 12 heavy (non-hydrogen) atoms. The second-order valence-electron chi connectivity index (χ2n) is 2.16. The van der Waals surface area contributed by atoms with Gasteiger partial charge < -0.3 is 16.5 Å². The minimum absolute atomic E-state index is 0.324. The second-order valence-corrected chi connectivity index (χ2v) is 3.58.